The van der Waals surface area contributed by atoms with Gasteiger partial charge < -0.3 is 10.2 Å². The first-order valence-corrected chi connectivity index (χ1v) is 8.92. The molecule has 0 bridgehead atoms. The third-order valence-electron chi connectivity index (χ3n) is 5.18. The maximum absolute atomic E-state index is 10.2. The lowest BCUT2D eigenvalue weighted by molar-refractivity contribution is 0.466. The van der Waals surface area contributed by atoms with Gasteiger partial charge in [-0.3, -0.25) is 0 Å². The van der Waals surface area contributed by atoms with Crippen LogP contribution >= 0.6 is 0 Å². The third-order valence-corrected chi connectivity index (χ3v) is 5.18. The predicted octanol–water partition coefficient (Wildman–Crippen LogP) is 6.28. The third kappa shape index (κ3) is 2.96. The zero-order valence-electron chi connectivity index (χ0n) is 16.4. The minimum absolute atomic E-state index is 0.358. The Bertz CT molecular complexity index is 884. The maximum atomic E-state index is 10.2. The standard InChI is InChI=1S/C24H26O2/c1-13-7-8-14(2)22(20-11-17(5)24(26)18(6)12-20)21(13)19-9-15(3)23(25)16(4)10-19/h7-12,25-26H,1-6H3. The molecule has 2 N–H and O–H groups in total. The van der Waals surface area contributed by atoms with Crippen LogP contribution < -0.4 is 0 Å². The zero-order chi connectivity index (χ0) is 19.2. The van der Waals surface area contributed by atoms with Crippen LogP contribution in [0, 0.1) is 41.5 Å². The molecule has 0 radical (unpaired) electrons. The molecule has 2 heteroatoms. The van der Waals surface area contributed by atoms with E-state index in [0.29, 0.717) is 11.5 Å². The molecule has 134 valence electrons. The molecule has 0 aliphatic heterocycles. The van der Waals surface area contributed by atoms with Gasteiger partial charge >= 0.3 is 0 Å². The van der Waals surface area contributed by atoms with Gasteiger partial charge in [0.1, 0.15) is 11.5 Å². The summed E-state index contributed by atoms with van der Waals surface area (Å²) in [5.41, 5.74) is 10.5. The van der Waals surface area contributed by atoms with Crippen LogP contribution in [0.2, 0.25) is 0 Å². The van der Waals surface area contributed by atoms with Crippen molar-refractivity contribution in [3.05, 3.63) is 69.8 Å². The normalized spacial score (nSPS) is 11.0. The summed E-state index contributed by atoms with van der Waals surface area (Å²) in [5, 5.41) is 20.3. The fourth-order valence-corrected chi connectivity index (χ4v) is 3.76. The van der Waals surface area contributed by atoms with E-state index in [-0.39, 0.29) is 0 Å². The molecule has 0 aliphatic carbocycles. The van der Waals surface area contributed by atoms with Crippen LogP contribution in [0.15, 0.2) is 36.4 Å². The van der Waals surface area contributed by atoms with Crippen molar-refractivity contribution >= 4 is 0 Å². The molecule has 2 nitrogen and oxygen atoms in total. The number of benzene rings is 3. The van der Waals surface area contributed by atoms with Gasteiger partial charge in [-0.15, -0.1) is 0 Å². The van der Waals surface area contributed by atoms with Crippen molar-refractivity contribution in [2.75, 3.05) is 0 Å². The predicted molar refractivity (Wildman–Crippen MR) is 109 cm³/mol. The Morgan fingerprint density at radius 3 is 1.00 bits per heavy atom. The second-order valence-corrected chi connectivity index (χ2v) is 7.37. The molecule has 0 amide bonds. The van der Waals surface area contributed by atoms with E-state index in [9.17, 15) is 10.2 Å². The average molecular weight is 346 g/mol. The van der Waals surface area contributed by atoms with Crippen LogP contribution in [0.1, 0.15) is 33.4 Å². The first kappa shape index (κ1) is 18.1. The highest BCUT2D eigenvalue weighted by atomic mass is 16.3. The summed E-state index contributed by atoms with van der Waals surface area (Å²) in [6.07, 6.45) is 0. The Labute approximate surface area is 155 Å². The molecule has 0 aliphatic rings. The SMILES string of the molecule is Cc1cc(-c2c(C)ccc(C)c2-c2cc(C)c(O)c(C)c2)cc(C)c1O. The van der Waals surface area contributed by atoms with Crippen molar-refractivity contribution in [1.29, 1.82) is 0 Å². The molecule has 3 aromatic carbocycles. The number of hydrogen-bond donors (Lipinski definition) is 2. The molecular formula is C24H26O2. The molecular weight excluding hydrogens is 320 g/mol. The van der Waals surface area contributed by atoms with E-state index in [0.717, 1.165) is 33.4 Å². The Hall–Kier alpha value is -2.74. The van der Waals surface area contributed by atoms with E-state index in [1.165, 1.54) is 22.3 Å². The van der Waals surface area contributed by atoms with Crippen molar-refractivity contribution in [3.8, 4) is 33.8 Å². The van der Waals surface area contributed by atoms with Gasteiger partial charge in [-0.25, -0.2) is 0 Å². The largest absolute Gasteiger partial charge is 0.507 e. The van der Waals surface area contributed by atoms with Crippen LogP contribution in [-0.2, 0) is 0 Å². The maximum Gasteiger partial charge on any atom is 0.121 e. The van der Waals surface area contributed by atoms with Gasteiger partial charge in [0.25, 0.3) is 0 Å². The first-order valence-electron chi connectivity index (χ1n) is 8.92. The number of aromatic hydroxyl groups is 2. The topological polar surface area (TPSA) is 40.5 Å². The van der Waals surface area contributed by atoms with Gasteiger partial charge in [-0.2, -0.15) is 0 Å². The molecule has 0 unspecified atom stereocenters. The highest BCUT2D eigenvalue weighted by Crippen LogP contribution is 2.41. The molecule has 0 heterocycles. The monoisotopic (exact) mass is 346 g/mol. The summed E-state index contributed by atoms with van der Waals surface area (Å²) in [7, 11) is 0. The molecule has 0 saturated carbocycles. The van der Waals surface area contributed by atoms with Crippen LogP contribution in [0.25, 0.3) is 22.3 Å². The smallest absolute Gasteiger partial charge is 0.121 e. The van der Waals surface area contributed by atoms with E-state index in [4.69, 9.17) is 0 Å². The number of phenolic OH excluding ortho intramolecular Hbond substituents is 2. The second-order valence-electron chi connectivity index (χ2n) is 7.37. The van der Waals surface area contributed by atoms with Gasteiger partial charge in [-0.05, 0) is 121 Å². The second kappa shape index (κ2) is 6.53. The summed E-state index contributed by atoms with van der Waals surface area (Å²) in [4.78, 5) is 0. The number of rotatable bonds is 2. The van der Waals surface area contributed by atoms with Crippen molar-refractivity contribution < 1.29 is 10.2 Å². The lowest BCUT2D eigenvalue weighted by atomic mass is 9.85. The van der Waals surface area contributed by atoms with E-state index < -0.39 is 0 Å². The lowest BCUT2D eigenvalue weighted by Crippen LogP contribution is -1.95. The number of hydrogen-bond acceptors (Lipinski definition) is 2. The molecule has 3 rings (SSSR count). The summed E-state index contributed by atoms with van der Waals surface area (Å²) in [5.74, 6) is 0.717. The number of aryl methyl sites for hydroxylation is 6. The van der Waals surface area contributed by atoms with E-state index >= 15 is 0 Å². The summed E-state index contributed by atoms with van der Waals surface area (Å²) in [6.45, 7) is 12.0. The fourth-order valence-electron chi connectivity index (χ4n) is 3.76. The molecule has 0 atom stereocenters. The van der Waals surface area contributed by atoms with Crippen LogP contribution in [-0.4, -0.2) is 10.2 Å². The van der Waals surface area contributed by atoms with Crippen molar-refractivity contribution in [2.45, 2.75) is 41.5 Å². The van der Waals surface area contributed by atoms with Crippen LogP contribution in [0.4, 0.5) is 0 Å². The lowest BCUT2D eigenvalue weighted by Gasteiger charge is -2.19. The van der Waals surface area contributed by atoms with Gasteiger partial charge in [-0.1, -0.05) is 12.1 Å². The fraction of sp³-hybridized carbons (Fsp3) is 0.250. The van der Waals surface area contributed by atoms with E-state index in [1.54, 1.807) is 0 Å². The van der Waals surface area contributed by atoms with Crippen LogP contribution in [0.3, 0.4) is 0 Å². The first-order chi connectivity index (χ1) is 12.2. The highest BCUT2D eigenvalue weighted by Gasteiger charge is 2.16. The Morgan fingerprint density at radius 2 is 0.731 bits per heavy atom. The van der Waals surface area contributed by atoms with E-state index in [1.807, 2.05) is 52.0 Å². The molecule has 26 heavy (non-hydrogen) atoms. The average Bonchev–Trinajstić information content (AvgIpc) is 2.58. The quantitative estimate of drug-likeness (QED) is 0.573. The van der Waals surface area contributed by atoms with Gasteiger partial charge in [0.05, 0.1) is 0 Å². The molecule has 0 aromatic heterocycles. The van der Waals surface area contributed by atoms with Crippen molar-refractivity contribution in [3.63, 3.8) is 0 Å². The number of phenols is 2. The minimum Gasteiger partial charge on any atom is -0.507 e. The Morgan fingerprint density at radius 1 is 0.462 bits per heavy atom. The van der Waals surface area contributed by atoms with Gasteiger partial charge in [0.15, 0.2) is 0 Å². The Kier molecular flexibility index (Phi) is 4.53. The molecule has 0 fully saturated rings. The zero-order valence-corrected chi connectivity index (χ0v) is 16.4. The minimum atomic E-state index is 0.358. The highest BCUT2D eigenvalue weighted by molar-refractivity contribution is 5.89. The Balaban J connectivity index is 2.37. The molecule has 0 saturated heterocycles. The summed E-state index contributed by atoms with van der Waals surface area (Å²) in [6, 6.07) is 12.5. The molecule has 3 aromatic rings. The summed E-state index contributed by atoms with van der Waals surface area (Å²) < 4.78 is 0. The van der Waals surface area contributed by atoms with E-state index in [2.05, 4.69) is 26.0 Å². The summed E-state index contributed by atoms with van der Waals surface area (Å²) >= 11 is 0. The van der Waals surface area contributed by atoms with Crippen LogP contribution in [0.5, 0.6) is 11.5 Å². The van der Waals surface area contributed by atoms with Crippen molar-refractivity contribution in [1.82, 2.24) is 0 Å². The van der Waals surface area contributed by atoms with Crippen molar-refractivity contribution in [2.24, 2.45) is 0 Å². The molecule has 0 spiro atoms. The van der Waals surface area contributed by atoms with Gasteiger partial charge in [0.2, 0.25) is 0 Å². The van der Waals surface area contributed by atoms with Gasteiger partial charge in [0, 0.05) is 0 Å².